The molecule has 0 rings (SSSR count). The van der Waals surface area contributed by atoms with E-state index in [1.54, 1.807) is 0 Å². The second kappa shape index (κ2) is 65.1. The average molecular weight is 1080 g/mol. The van der Waals surface area contributed by atoms with E-state index in [0.717, 1.165) is 148 Å². The molecule has 1 atom stereocenters. The molecular formula is C72H118O6. The van der Waals surface area contributed by atoms with Gasteiger partial charge < -0.3 is 14.2 Å². The number of ether oxygens (including phenoxy) is 3. The van der Waals surface area contributed by atoms with Crippen molar-refractivity contribution in [3.63, 3.8) is 0 Å². The van der Waals surface area contributed by atoms with Gasteiger partial charge in [-0.1, -0.05) is 283 Å². The normalized spacial score (nSPS) is 13.0. The lowest BCUT2D eigenvalue weighted by Gasteiger charge is -2.18. The molecule has 0 aliphatic carbocycles. The van der Waals surface area contributed by atoms with Gasteiger partial charge >= 0.3 is 17.9 Å². The van der Waals surface area contributed by atoms with Crippen molar-refractivity contribution < 1.29 is 28.6 Å². The third-order valence-corrected chi connectivity index (χ3v) is 13.4. The molecule has 0 aromatic heterocycles. The predicted octanol–water partition coefficient (Wildman–Crippen LogP) is 22.2. The van der Waals surface area contributed by atoms with Crippen LogP contribution in [0.15, 0.2) is 134 Å². The minimum Gasteiger partial charge on any atom is -0.462 e. The molecule has 0 saturated heterocycles. The summed E-state index contributed by atoms with van der Waals surface area (Å²) in [5.41, 5.74) is 0. The van der Waals surface area contributed by atoms with Crippen molar-refractivity contribution in [1.82, 2.24) is 0 Å². The summed E-state index contributed by atoms with van der Waals surface area (Å²) in [6, 6.07) is 0. The summed E-state index contributed by atoms with van der Waals surface area (Å²) in [5.74, 6) is -0.953. The van der Waals surface area contributed by atoms with E-state index in [9.17, 15) is 14.4 Å². The van der Waals surface area contributed by atoms with Gasteiger partial charge in [-0.05, 0) is 116 Å². The zero-order chi connectivity index (χ0) is 56.4. The first-order chi connectivity index (χ1) is 38.5. The molecule has 0 spiro atoms. The van der Waals surface area contributed by atoms with Crippen LogP contribution in [0.1, 0.15) is 284 Å². The molecule has 0 aromatic carbocycles. The first-order valence-electron chi connectivity index (χ1n) is 32.2. The van der Waals surface area contributed by atoms with Crippen LogP contribution in [0.4, 0.5) is 0 Å². The summed E-state index contributed by atoms with van der Waals surface area (Å²) in [4.78, 5) is 38.3. The lowest BCUT2D eigenvalue weighted by atomic mass is 10.0. The summed E-state index contributed by atoms with van der Waals surface area (Å²) in [7, 11) is 0. The van der Waals surface area contributed by atoms with Crippen LogP contribution in [0, 0.1) is 0 Å². The third-order valence-electron chi connectivity index (χ3n) is 13.4. The summed E-state index contributed by atoms with van der Waals surface area (Å²) in [6.45, 7) is 6.38. The number of esters is 3. The first-order valence-corrected chi connectivity index (χ1v) is 32.2. The maximum absolute atomic E-state index is 12.9. The van der Waals surface area contributed by atoms with Gasteiger partial charge in [0.05, 0.1) is 0 Å². The Hall–Kier alpha value is -4.45. The van der Waals surface area contributed by atoms with Crippen LogP contribution in [0.3, 0.4) is 0 Å². The molecule has 0 amide bonds. The number of rotatable bonds is 57. The minimum absolute atomic E-state index is 0.103. The minimum atomic E-state index is -0.807. The second-order valence-corrected chi connectivity index (χ2v) is 20.9. The SMILES string of the molecule is CC/C=C\C/C=C\C/C=C\C/C=C\C/C=C\C/C=C\C/C=C\CCCCCC(=O)OCC(COC(=O)CCCCCC/C=C\C/C=C\C/C=C\C/C=C\CC)OC(=O)CCCCCCCCCCCCCCCCCCCC. The molecule has 0 fully saturated rings. The van der Waals surface area contributed by atoms with E-state index in [1.165, 1.54) is 96.3 Å². The van der Waals surface area contributed by atoms with Gasteiger partial charge in [-0.2, -0.15) is 0 Å². The van der Waals surface area contributed by atoms with E-state index in [0.29, 0.717) is 19.3 Å². The second-order valence-electron chi connectivity index (χ2n) is 20.9. The van der Waals surface area contributed by atoms with Gasteiger partial charge in [-0.3, -0.25) is 14.4 Å². The van der Waals surface area contributed by atoms with E-state index >= 15 is 0 Å². The van der Waals surface area contributed by atoms with Crippen molar-refractivity contribution in [1.29, 1.82) is 0 Å². The van der Waals surface area contributed by atoms with E-state index in [-0.39, 0.29) is 31.1 Å². The van der Waals surface area contributed by atoms with Crippen LogP contribution in [0.2, 0.25) is 0 Å². The molecular weight excluding hydrogens is 961 g/mol. The molecule has 0 aromatic rings. The van der Waals surface area contributed by atoms with Gasteiger partial charge in [0, 0.05) is 19.3 Å². The highest BCUT2D eigenvalue weighted by atomic mass is 16.6. The van der Waals surface area contributed by atoms with Crippen molar-refractivity contribution in [3.8, 4) is 0 Å². The summed E-state index contributed by atoms with van der Waals surface area (Å²) < 4.78 is 16.9. The summed E-state index contributed by atoms with van der Waals surface area (Å²) in [5, 5.41) is 0. The Labute approximate surface area is 481 Å². The zero-order valence-electron chi connectivity index (χ0n) is 50.6. The molecule has 0 bridgehead atoms. The molecule has 0 N–H and O–H groups in total. The third kappa shape index (κ3) is 62.4. The molecule has 442 valence electrons. The number of carbonyl (C=O) groups is 3. The van der Waals surface area contributed by atoms with Crippen molar-refractivity contribution >= 4 is 17.9 Å². The van der Waals surface area contributed by atoms with Crippen LogP contribution in [-0.2, 0) is 28.6 Å². The number of allylic oxidation sites excluding steroid dienone is 22. The molecule has 78 heavy (non-hydrogen) atoms. The smallest absolute Gasteiger partial charge is 0.306 e. The van der Waals surface area contributed by atoms with Crippen LogP contribution >= 0.6 is 0 Å². The quantitative estimate of drug-likeness (QED) is 0.0261. The average Bonchev–Trinajstić information content (AvgIpc) is 3.44. The maximum Gasteiger partial charge on any atom is 0.306 e. The number of carbonyl (C=O) groups excluding carboxylic acids is 3. The number of hydrogen-bond donors (Lipinski definition) is 0. The Kier molecular flexibility index (Phi) is 61.4. The highest BCUT2D eigenvalue weighted by molar-refractivity contribution is 5.71. The van der Waals surface area contributed by atoms with E-state index in [1.807, 2.05) is 0 Å². The van der Waals surface area contributed by atoms with Gasteiger partial charge in [0.15, 0.2) is 6.10 Å². The molecule has 1 unspecified atom stereocenters. The Bertz CT molecular complexity index is 1670. The van der Waals surface area contributed by atoms with Crippen molar-refractivity contribution in [3.05, 3.63) is 134 Å². The van der Waals surface area contributed by atoms with E-state index in [2.05, 4.69) is 154 Å². The Morgan fingerprint density at radius 3 is 0.795 bits per heavy atom. The van der Waals surface area contributed by atoms with Crippen LogP contribution in [0.25, 0.3) is 0 Å². The first kappa shape index (κ1) is 73.5. The van der Waals surface area contributed by atoms with Crippen LogP contribution in [0.5, 0.6) is 0 Å². The molecule has 0 saturated carbocycles. The summed E-state index contributed by atoms with van der Waals surface area (Å²) in [6.07, 6.45) is 91.7. The fourth-order valence-electron chi connectivity index (χ4n) is 8.65. The summed E-state index contributed by atoms with van der Waals surface area (Å²) >= 11 is 0. The van der Waals surface area contributed by atoms with E-state index < -0.39 is 6.10 Å². The lowest BCUT2D eigenvalue weighted by Crippen LogP contribution is -2.30. The highest BCUT2D eigenvalue weighted by Gasteiger charge is 2.19. The highest BCUT2D eigenvalue weighted by Crippen LogP contribution is 2.16. The standard InChI is InChI=1S/C72H118O6/c1-4-7-10-13-16-19-22-25-28-31-33-34-35-36-37-38-39-42-44-47-50-53-56-59-62-65-71(74)77-68-69(67-76-70(73)64-61-58-55-52-49-46-43-40-30-27-24-21-18-15-12-9-6-3)78-72(75)66-63-60-57-54-51-48-45-41-32-29-26-23-20-17-14-11-8-5-2/h7,9-10,12,16,18-19,21,25,27-28,30,33-34,36-37,39,42-43,46-47,50,69H,4-6,8,11,13-15,17,20,22-24,26,29,31-32,35,38,40-41,44-45,48-49,51-68H2,1-3H3/b10-7-,12-9-,19-16-,21-18-,28-25-,30-27-,34-33-,37-36-,42-39-,46-43-,50-47-. The molecule has 0 aliphatic rings. The van der Waals surface area contributed by atoms with E-state index in [4.69, 9.17) is 14.2 Å². The van der Waals surface area contributed by atoms with Crippen LogP contribution < -0.4 is 0 Å². The molecule has 0 heterocycles. The number of hydrogen-bond acceptors (Lipinski definition) is 6. The van der Waals surface area contributed by atoms with Crippen molar-refractivity contribution in [2.45, 2.75) is 290 Å². The lowest BCUT2D eigenvalue weighted by molar-refractivity contribution is -0.167. The molecule has 0 radical (unpaired) electrons. The van der Waals surface area contributed by atoms with Crippen molar-refractivity contribution in [2.75, 3.05) is 13.2 Å². The zero-order valence-corrected chi connectivity index (χ0v) is 50.6. The topological polar surface area (TPSA) is 78.9 Å². The molecule has 0 aliphatic heterocycles. The van der Waals surface area contributed by atoms with Gasteiger partial charge in [0.25, 0.3) is 0 Å². The fraction of sp³-hybridized carbons (Fsp3) is 0.653. The Morgan fingerprint density at radius 1 is 0.269 bits per heavy atom. The predicted molar refractivity (Wildman–Crippen MR) is 339 cm³/mol. The fourth-order valence-corrected chi connectivity index (χ4v) is 8.65. The number of unbranched alkanes of at least 4 members (excludes halogenated alkanes) is 24. The maximum atomic E-state index is 12.9. The Morgan fingerprint density at radius 2 is 0.500 bits per heavy atom. The van der Waals surface area contributed by atoms with Gasteiger partial charge in [0.2, 0.25) is 0 Å². The monoisotopic (exact) mass is 1080 g/mol. The molecule has 6 nitrogen and oxygen atoms in total. The van der Waals surface area contributed by atoms with Gasteiger partial charge in [-0.25, -0.2) is 0 Å². The Balaban J connectivity index is 4.48. The van der Waals surface area contributed by atoms with Gasteiger partial charge in [0.1, 0.15) is 13.2 Å². The van der Waals surface area contributed by atoms with Crippen molar-refractivity contribution in [2.24, 2.45) is 0 Å². The molecule has 6 heteroatoms. The van der Waals surface area contributed by atoms with Gasteiger partial charge in [-0.15, -0.1) is 0 Å². The van der Waals surface area contributed by atoms with Crippen LogP contribution in [-0.4, -0.2) is 37.2 Å². The largest absolute Gasteiger partial charge is 0.462 e.